The van der Waals surface area contributed by atoms with E-state index >= 15 is 0 Å². The number of hydrogen-bond acceptors (Lipinski definition) is 1. The van der Waals surface area contributed by atoms with Crippen molar-refractivity contribution < 1.29 is 4.74 Å². The Hall–Kier alpha value is 0.440. The van der Waals surface area contributed by atoms with E-state index in [1.54, 1.807) is 0 Å². The molecule has 0 bridgehead atoms. The Labute approximate surface area is 104 Å². The van der Waals surface area contributed by atoms with E-state index in [4.69, 9.17) is 4.74 Å². The lowest BCUT2D eigenvalue weighted by Gasteiger charge is -2.29. The first kappa shape index (κ1) is 15.4. The molecule has 0 N–H and O–H groups in total. The van der Waals surface area contributed by atoms with Crippen molar-refractivity contribution in [1.82, 2.24) is 0 Å². The van der Waals surface area contributed by atoms with Gasteiger partial charge in [0.25, 0.3) is 0 Å². The minimum Gasteiger partial charge on any atom is -0.381 e. The molecule has 0 aromatic heterocycles. The smallest absolute Gasteiger partial charge is 0.0530 e. The van der Waals surface area contributed by atoms with Crippen LogP contribution in [0.2, 0.25) is 0 Å². The van der Waals surface area contributed by atoms with Gasteiger partial charge in [0.2, 0.25) is 0 Å². The fraction of sp³-hybridized carbons (Fsp3) is 1.00. The zero-order chi connectivity index (χ0) is 11.7. The first-order chi connectivity index (χ1) is 7.14. The molecule has 0 heterocycles. The molecule has 0 aliphatic carbocycles. The van der Waals surface area contributed by atoms with Crippen LogP contribution in [0.25, 0.3) is 0 Å². The second kappa shape index (κ2) is 8.58. The van der Waals surface area contributed by atoms with Gasteiger partial charge in [-0.1, -0.05) is 50.0 Å². The molecule has 0 aromatic rings. The lowest BCUT2D eigenvalue weighted by atomic mass is 9.86. The van der Waals surface area contributed by atoms with E-state index in [0.717, 1.165) is 18.5 Å². The summed E-state index contributed by atoms with van der Waals surface area (Å²) in [6.45, 7) is 10.8. The molecular formula is C13H27BrO. The topological polar surface area (TPSA) is 9.23 Å². The van der Waals surface area contributed by atoms with E-state index < -0.39 is 0 Å². The molecule has 0 aliphatic rings. The fourth-order valence-corrected chi connectivity index (χ4v) is 2.69. The highest BCUT2D eigenvalue weighted by Crippen LogP contribution is 2.29. The lowest BCUT2D eigenvalue weighted by Crippen LogP contribution is -2.28. The van der Waals surface area contributed by atoms with Gasteiger partial charge >= 0.3 is 0 Å². The number of halogens is 1. The van der Waals surface area contributed by atoms with Gasteiger partial charge < -0.3 is 4.74 Å². The van der Waals surface area contributed by atoms with Gasteiger partial charge in [-0.25, -0.2) is 0 Å². The molecule has 1 unspecified atom stereocenters. The first-order valence-electron chi connectivity index (χ1n) is 6.27. The molecular weight excluding hydrogens is 252 g/mol. The third-order valence-electron chi connectivity index (χ3n) is 3.38. The molecule has 0 spiro atoms. The average Bonchev–Trinajstić information content (AvgIpc) is 2.25. The number of hydrogen-bond donors (Lipinski definition) is 0. The SMILES string of the molecule is CCCC(C)COCC(CC)(CC)CBr. The normalized spacial score (nSPS) is 14.2. The van der Waals surface area contributed by atoms with Crippen LogP contribution in [0.15, 0.2) is 0 Å². The molecule has 92 valence electrons. The summed E-state index contributed by atoms with van der Waals surface area (Å²) < 4.78 is 5.86. The Morgan fingerprint density at radius 2 is 1.80 bits per heavy atom. The molecule has 15 heavy (non-hydrogen) atoms. The number of alkyl halides is 1. The first-order valence-corrected chi connectivity index (χ1v) is 7.40. The monoisotopic (exact) mass is 278 g/mol. The maximum atomic E-state index is 5.86. The van der Waals surface area contributed by atoms with E-state index in [9.17, 15) is 0 Å². The van der Waals surface area contributed by atoms with Crippen molar-refractivity contribution in [3.05, 3.63) is 0 Å². The summed E-state index contributed by atoms with van der Waals surface area (Å²) in [5, 5.41) is 1.05. The van der Waals surface area contributed by atoms with Crippen molar-refractivity contribution in [2.45, 2.75) is 53.4 Å². The van der Waals surface area contributed by atoms with Crippen molar-refractivity contribution in [3.8, 4) is 0 Å². The van der Waals surface area contributed by atoms with Crippen LogP contribution < -0.4 is 0 Å². The Kier molecular flexibility index (Phi) is 8.83. The highest BCUT2D eigenvalue weighted by atomic mass is 79.9. The molecule has 2 heteroatoms. The predicted octanol–water partition coefficient (Wildman–Crippen LogP) is 4.64. The molecule has 0 radical (unpaired) electrons. The zero-order valence-corrected chi connectivity index (χ0v) is 12.4. The summed E-state index contributed by atoms with van der Waals surface area (Å²) in [5.41, 5.74) is 0.353. The van der Waals surface area contributed by atoms with Crippen LogP contribution in [0, 0.1) is 11.3 Å². The minimum absolute atomic E-state index is 0.353. The third kappa shape index (κ3) is 5.91. The van der Waals surface area contributed by atoms with Crippen LogP contribution in [0.4, 0.5) is 0 Å². The standard InChI is InChI=1S/C13H27BrO/c1-5-8-12(4)9-15-11-13(6-2,7-3)10-14/h12H,5-11H2,1-4H3. The summed E-state index contributed by atoms with van der Waals surface area (Å²) in [6.07, 6.45) is 4.92. The van der Waals surface area contributed by atoms with Gasteiger partial charge in [0, 0.05) is 17.4 Å². The minimum atomic E-state index is 0.353. The van der Waals surface area contributed by atoms with Crippen LogP contribution in [0.5, 0.6) is 0 Å². The van der Waals surface area contributed by atoms with Gasteiger partial charge in [0.05, 0.1) is 6.61 Å². The molecule has 0 rings (SSSR count). The second-order valence-electron chi connectivity index (χ2n) is 4.75. The Bertz CT molecular complexity index is 135. The van der Waals surface area contributed by atoms with Crippen molar-refractivity contribution in [1.29, 1.82) is 0 Å². The predicted molar refractivity (Wildman–Crippen MR) is 71.7 cm³/mol. The zero-order valence-electron chi connectivity index (χ0n) is 10.8. The van der Waals surface area contributed by atoms with E-state index in [1.807, 2.05) is 0 Å². The van der Waals surface area contributed by atoms with Crippen LogP contribution in [-0.2, 0) is 4.74 Å². The molecule has 0 saturated carbocycles. The summed E-state index contributed by atoms with van der Waals surface area (Å²) >= 11 is 3.61. The third-order valence-corrected chi connectivity index (χ3v) is 4.57. The van der Waals surface area contributed by atoms with Crippen molar-refractivity contribution in [2.75, 3.05) is 18.5 Å². The molecule has 0 aromatic carbocycles. The van der Waals surface area contributed by atoms with Crippen LogP contribution in [0.3, 0.4) is 0 Å². The molecule has 0 aliphatic heterocycles. The lowest BCUT2D eigenvalue weighted by molar-refractivity contribution is 0.0329. The highest BCUT2D eigenvalue weighted by Gasteiger charge is 2.25. The quantitative estimate of drug-likeness (QED) is 0.559. The maximum absolute atomic E-state index is 5.86. The summed E-state index contributed by atoms with van der Waals surface area (Å²) in [6, 6.07) is 0. The van der Waals surface area contributed by atoms with Crippen molar-refractivity contribution in [2.24, 2.45) is 11.3 Å². The van der Waals surface area contributed by atoms with E-state index in [0.29, 0.717) is 11.3 Å². The largest absolute Gasteiger partial charge is 0.381 e. The Morgan fingerprint density at radius 1 is 1.20 bits per heavy atom. The fourth-order valence-electron chi connectivity index (χ4n) is 1.73. The van der Waals surface area contributed by atoms with Gasteiger partial charge in [-0.2, -0.15) is 0 Å². The average molecular weight is 279 g/mol. The van der Waals surface area contributed by atoms with Crippen molar-refractivity contribution >= 4 is 15.9 Å². The second-order valence-corrected chi connectivity index (χ2v) is 5.31. The van der Waals surface area contributed by atoms with Gasteiger partial charge in [0.15, 0.2) is 0 Å². The number of rotatable bonds is 9. The summed E-state index contributed by atoms with van der Waals surface area (Å²) in [5.74, 6) is 0.705. The molecule has 1 atom stereocenters. The van der Waals surface area contributed by atoms with Crippen molar-refractivity contribution in [3.63, 3.8) is 0 Å². The van der Waals surface area contributed by atoms with Crippen LogP contribution in [-0.4, -0.2) is 18.5 Å². The van der Waals surface area contributed by atoms with Crippen LogP contribution in [0.1, 0.15) is 53.4 Å². The molecule has 0 saturated heterocycles. The summed E-state index contributed by atoms with van der Waals surface area (Å²) in [7, 11) is 0. The van der Waals surface area contributed by atoms with Gasteiger partial charge in [-0.15, -0.1) is 0 Å². The van der Waals surface area contributed by atoms with Gasteiger partial charge in [-0.05, 0) is 25.2 Å². The number of ether oxygens (including phenoxy) is 1. The maximum Gasteiger partial charge on any atom is 0.0530 e. The Balaban J connectivity index is 3.80. The summed E-state index contributed by atoms with van der Waals surface area (Å²) in [4.78, 5) is 0. The van der Waals surface area contributed by atoms with E-state index in [-0.39, 0.29) is 0 Å². The molecule has 0 fully saturated rings. The molecule has 1 nitrogen and oxygen atoms in total. The highest BCUT2D eigenvalue weighted by molar-refractivity contribution is 9.09. The van der Waals surface area contributed by atoms with Crippen LogP contribution >= 0.6 is 15.9 Å². The van der Waals surface area contributed by atoms with E-state index in [1.165, 1.54) is 25.7 Å². The Morgan fingerprint density at radius 3 is 2.20 bits per heavy atom. The van der Waals surface area contributed by atoms with E-state index in [2.05, 4.69) is 43.6 Å². The van der Waals surface area contributed by atoms with Gasteiger partial charge in [-0.3, -0.25) is 0 Å². The molecule has 0 amide bonds. The van der Waals surface area contributed by atoms with Gasteiger partial charge in [0.1, 0.15) is 0 Å².